The number of nitrogens with zero attached hydrogens (tertiary/aromatic N) is 2. The number of likely N-dealkylation sites (tertiary alicyclic amines) is 1. The number of aromatic nitrogens is 1. The summed E-state index contributed by atoms with van der Waals surface area (Å²) in [5.41, 5.74) is 7.42. The summed E-state index contributed by atoms with van der Waals surface area (Å²) in [6, 6.07) is 3.87. The lowest BCUT2D eigenvalue weighted by molar-refractivity contribution is 0.204. The van der Waals surface area contributed by atoms with Crippen LogP contribution in [0.15, 0.2) is 12.1 Å². The number of anilines is 2. The molecule has 106 valence electrons. The summed E-state index contributed by atoms with van der Waals surface area (Å²) in [4.78, 5) is 7.02. The van der Waals surface area contributed by atoms with Crippen LogP contribution < -0.4 is 11.1 Å². The molecule has 4 heteroatoms. The van der Waals surface area contributed by atoms with Gasteiger partial charge in [-0.2, -0.15) is 0 Å². The highest BCUT2D eigenvalue weighted by Gasteiger charge is 2.13. The van der Waals surface area contributed by atoms with Crippen LogP contribution in [0.25, 0.3) is 0 Å². The van der Waals surface area contributed by atoms with Crippen molar-refractivity contribution < 1.29 is 0 Å². The lowest BCUT2D eigenvalue weighted by Crippen LogP contribution is -2.35. The van der Waals surface area contributed by atoms with Crippen molar-refractivity contribution in [3.05, 3.63) is 17.8 Å². The first-order valence-electron chi connectivity index (χ1n) is 7.34. The third-order valence-electron chi connectivity index (χ3n) is 3.78. The van der Waals surface area contributed by atoms with E-state index in [0.29, 0.717) is 5.92 Å². The molecule has 1 fully saturated rings. The van der Waals surface area contributed by atoms with Crippen LogP contribution >= 0.6 is 0 Å². The Labute approximate surface area is 116 Å². The fourth-order valence-corrected chi connectivity index (χ4v) is 2.60. The summed E-state index contributed by atoms with van der Waals surface area (Å²) in [5.74, 6) is 1.56. The second-order valence-corrected chi connectivity index (χ2v) is 5.72. The van der Waals surface area contributed by atoms with Gasteiger partial charge in [-0.15, -0.1) is 0 Å². The second-order valence-electron chi connectivity index (χ2n) is 5.72. The van der Waals surface area contributed by atoms with E-state index >= 15 is 0 Å². The molecule has 0 spiro atoms. The van der Waals surface area contributed by atoms with Crippen LogP contribution in [0.3, 0.4) is 0 Å². The highest BCUT2D eigenvalue weighted by atomic mass is 15.1. The quantitative estimate of drug-likeness (QED) is 0.856. The molecule has 1 saturated heterocycles. The molecule has 2 rings (SSSR count). The normalized spacial score (nSPS) is 18.2. The van der Waals surface area contributed by atoms with Gasteiger partial charge in [0.05, 0.1) is 11.4 Å². The molecule has 3 N–H and O–H groups in total. The summed E-state index contributed by atoms with van der Waals surface area (Å²) >= 11 is 0. The van der Waals surface area contributed by atoms with Gasteiger partial charge in [0, 0.05) is 13.1 Å². The second kappa shape index (κ2) is 6.75. The molecule has 0 aliphatic carbocycles. The van der Waals surface area contributed by atoms with Crippen molar-refractivity contribution in [3.63, 3.8) is 0 Å². The minimum absolute atomic E-state index is 0.637. The van der Waals surface area contributed by atoms with Crippen LogP contribution in [0.1, 0.15) is 31.9 Å². The summed E-state index contributed by atoms with van der Waals surface area (Å²) in [6.45, 7) is 8.92. The topological polar surface area (TPSA) is 54.2 Å². The maximum absolute atomic E-state index is 5.77. The van der Waals surface area contributed by atoms with E-state index in [-0.39, 0.29) is 0 Å². The number of pyridine rings is 1. The Morgan fingerprint density at radius 1 is 1.32 bits per heavy atom. The van der Waals surface area contributed by atoms with Gasteiger partial charge >= 0.3 is 0 Å². The average molecular weight is 262 g/mol. The maximum Gasteiger partial charge on any atom is 0.126 e. The van der Waals surface area contributed by atoms with Crippen molar-refractivity contribution in [2.75, 3.05) is 37.2 Å². The lowest BCUT2D eigenvalue weighted by Gasteiger charge is -2.29. The first kappa shape index (κ1) is 14.1. The maximum atomic E-state index is 5.77. The van der Waals surface area contributed by atoms with Crippen molar-refractivity contribution in [2.24, 2.45) is 5.92 Å². The number of piperidine rings is 1. The van der Waals surface area contributed by atoms with Crippen LogP contribution in [0.2, 0.25) is 0 Å². The molecule has 0 saturated carbocycles. The van der Waals surface area contributed by atoms with Gasteiger partial charge in [-0.05, 0) is 50.9 Å². The van der Waals surface area contributed by atoms with Crippen LogP contribution in [0, 0.1) is 12.8 Å². The molecule has 19 heavy (non-hydrogen) atoms. The zero-order chi connectivity index (χ0) is 13.7. The third-order valence-corrected chi connectivity index (χ3v) is 3.78. The van der Waals surface area contributed by atoms with E-state index in [4.69, 9.17) is 5.73 Å². The smallest absolute Gasteiger partial charge is 0.126 e. The lowest BCUT2D eigenvalue weighted by atomic mass is 10.1. The van der Waals surface area contributed by atoms with Crippen molar-refractivity contribution >= 4 is 11.5 Å². The minimum Gasteiger partial charge on any atom is -0.397 e. The van der Waals surface area contributed by atoms with Crippen molar-refractivity contribution in [3.8, 4) is 0 Å². The summed E-state index contributed by atoms with van der Waals surface area (Å²) in [7, 11) is 0. The zero-order valence-corrected chi connectivity index (χ0v) is 12.2. The number of nitrogens with two attached hydrogens (primary N) is 1. The van der Waals surface area contributed by atoms with E-state index in [2.05, 4.69) is 22.1 Å². The molecule has 1 aliphatic heterocycles. The SMILES string of the molecule is Cc1nc(NCC(C)CN2CCCCC2)ccc1N. The Hall–Kier alpha value is -1.29. The third kappa shape index (κ3) is 4.39. The molecule has 0 radical (unpaired) electrons. The predicted octanol–water partition coefficient (Wildman–Crippen LogP) is 2.51. The number of hydrogen-bond acceptors (Lipinski definition) is 4. The van der Waals surface area contributed by atoms with E-state index in [1.54, 1.807) is 0 Å². The first-order valence-corrected chi connectivity index (χ1v) is 7.34. The summed E-state index contributed by atoms with van der Waals surface area (Å²) in [6.07, 6.45) is 4.12. The minimum atomic E-state index is 0.637. The largest absolute Gasteiger partial charge is 0.397 e. The molecule has 1 aromatic heterocycles. The molecule has 1 atom stereocenters. The van der Waals surface area contributed by atoms with Gasteiger partial charge in [0.15, 0.2) is 0 Å². The fraction of sp³-hybridized carbons (Fsp3) is 0.667. The summed E-state index contributed by atoms with van der Waals surface area (Å²) in [5, 5.41) is 3.41. The van der Waals surface area contributed by atoms with Crippen LogP contribution in [0.5, 0.6) is 0 Å². The molecule has 1 unspecified atom stereocenters. The van der Waals surface area contributed by atoms with E-state index in [1.807, 2.05) is 19.1 Å². The van der Waals surface area contributed by atoms with Crippen molar-refractivity contribution in [1.82, 2.24) is 9.88 Å². The molecule has 0 aromatic carbocycles. The number of hydrogen-bond donors (Lipinski definition) is 2. The standard InChI is InChI=1S/C15H26N4/c1-12(11-19-8-4-3-5-9-19)10-17-15-7-6-14(16)13(2)18-15/h6-7,12H,3-5,8-11,16H2,1-2H3,(H,17,18). The summed E-state index contributed by atoms with van der Waals surface area (Å²) < 4.78 is 0. The van der Waals surface area contributed by atoms with Gasteiger partial charge in [0.1, 0.15) is 5.82 Å². The molecule has 2 heterocycles. The van der Waals surface area contributed by atoms with E-state index in [0.717, 1.165) is 23.7 Å². The number of rotatable bonds is 5. The van der Waals surface area contributed by atoms with Crippen molar-refractivity contribution in [2.45, 2.75) is 33.1 Å². The highest BCUT2D eigenvalue weighted by Crippen LogP contribution is 2.14. The van der Waals surface area contributed by atoms with E-state index < -0.39 is 0 Å². The highest BCUT2D eigenvalue weighted by molar-refractivity contribution is 5.48. The average Bonchev–Trinajstić information content (AvgIpc) is 2.41. The number of nitrogens with one attached hydrogen (secondary N) is 1. The molecular weight excluding hydrogens is 236 g/mol. The predicted molar refractivity (Wildman–Crippen MR) is 81.3 cm³/mol. The Kier molecular flexibility index (Phi) is 5.02. The van der Waals surface area contributed by atoms with Gasteiger partial charge in [-0.3, -0.25) is 0 Å². The number of nitrogen functional groups attached to an aromatic ring is 1. The van der Waals surface area contributed by atoms with Gasteiger partial charge in [0.2, 0.25) is 0 Å². The molecule has 0 bridgehead atoms. The van der Waals surface area contributed by atoms with Crippen LogP contribution in [0.4, 0.5) is 11.5 Å². The van der Waals surface area contributed by atoms with Crippen molar-refractivity contribution in [1.29, 1.82) is 0 Å². The van der Waals surface area contributed by atoms with Gasteiger partial charge in [-0.1, -0.05) is 13.3 Å². The Bertz CT molecular complexity index is 399. The van der Waals surface area contributed by atoms with E-state index in [1.165, 1.54) is 38.9 Å². The Morgan fingerprint density at radius 2 is 2.05 bits per heavy atom. The van der Waals surface area contributed by atoms with E-state index in [9.17, 15) is 0 Å². The monoisotopic (exact) mass is 262 g/mol. The zero-order valence-electron chi connectivity index (χ0n) is 12.2. The Balaban J connectivity index is 1.75. The molecule has 4 nitrogen and oxygen atoms in total. The van der Waals surface area contributed by atoms with Gasteiger partial charge in [-0.25, -0.2) is 4.98 Å². The molecule has 1 aromatic rings. The molecule has 0 amide bonds. The van der Waals surface area contributed by atoms with Crippen LogP contribution in [-0.4, -0.2) is 36.1 Å². The number of aryl methyl sites for hydroxylation is 1. The molecular formula is C15H26N4. The van der Waals surface area contributed by atoms with Crippen LogP contribution in [-0.2, 0) is 0 Å². The van der Waals surface area contributed by atoms with Gasteiger partial charge < -0.3 is 16.0 Å². The Morgan fingerprint density at radius 3 is 2.74 bits per heavy atom. The fourth-order valence-electron chi connectivity index (χ4n) is 2.60. The van der Waals surface area contributed by atoms with Gasteiger partial charge in [0.25, 0.3) is 0 Å². The molecule has 1 aliphatic rings. The first-order chi connectivity index (χ1) is 9.15.